The predicted molar refractivity (Wildman–Crippen MR) is 80.7 cm³/mol. The largest absolute Gasteiger partial charge is 0.377 e. The first-order valence-corrected chi connectivity index (χ1v) is 7.13. The van der Waals surface area contributed by atoms with Gasteiger partial charge in [0.2, 0.25) is 0 Å². The maximum atomic E-state index is 5.97. The highest BCUT2D eigenvalue weighted by Gasteiger charge is 2.05. The number of hydrogen-bond donors (Lipinski definition) is 1. The monoisotopic (exact) mass is 306 g/mol. The lowest BCUT2D eigenvalue weighted by Crippen LogP contribution is -2.01. The van der Waals surface area contributed by atoms with E-state index in [1.165, 1.54) is 0 Å². The predicted octanol–water partition coefficient (Wildman–Crippen LogP) is 3.63. The lowest BCUT2D eigenvalue weighted by atomic mass is 10.3. The molecule has 102 valence electrons. The number of benzene rings is 1. The van der Waals surface area contributed by atoms with Gasteiger partial charge in [0, 0.05) is 18.9 Å². The Labute approximate surface area is 124 Å². The van der Waals surface area contributed by atoms with Crippen molar-refractivity contribution in [3.05, 3.63) is 40.8 Å². The van der Waals surface area contributed by atoms with E-state index in [1.807, 2.05) is 23.7 Å². The minimum Gasteiger partial charge on any atom is -0.377 e. The Bertz CT molecular complexity index is 746. The van der Waals surface area contributed by atoms with E-state index in [0.717, 1.165) is 15.9 Å². The van der Waals surface area contributed by atoms with Crippen molar-refractivity contribution in [1.82, 2.24) is 15.0 Å². The Morgan fingerprint density at radius 3 is 3.05 bits per heavy atom. The summed E-state index contributed by atoms with van der Waals surface area (Å²) in [6.45, 7) is 0.323. The van der Waals surface area contributed by atoms with Crippen molar-refractivity contribution in [1.29, 1.82) is 0 Å². The third kappa shape index (κ3) is 2.87. The maximum Gasteiger partial charge on any atom is 0.158 e. The van der Waals surface area contributed by atoms with E-state index in [9.17, 15) is 0 Å². The van der Waals surface area contributed by atoms with Crippen molar-refractivity contribution in [2.75, 3.05) is 12.4 Å². The van der Waals surface area contributed by atoms with Crippen molar-refractivity contribution < 1.29 is 4.74 Å². The summed E-state index contributed by atoms with van der Waals surface area (Å²) in [7, 11) is 1.59. The summed E-state index contributed by atoms with van der Waals surface area (Å²) in [6, 6.07) is 7.62. The summed E-state index contributed by atoms with van der Waals surface area (Å²) in [6.07, 6.45) is 0. The molecule has 2 aromatic heterocycles. The molecule has 0 saturated heterocycles. The molecule has 3 rings (SSSR count). The van der Waals surface area contributed by atoms with Crippen LogP contribution in [-0.4, -0.2) is 22.1 Å². The van der Waals surface area contributed by atoms with Crippen LogP contribution in [0.25, 0.3) is 10.2 Å². The number of nitrogens with zero attached hydrogens (tertiary/aromatic N) is 3. The Morgan fingerprint density at radius 1 is 1.30 bits per heavy atom. The van der Waals surface area contributed by atoms with Crippen LogP contribution in [0.15, 0.2) is 29.8 Å². The number of nitrogens with one attached hydrogen (secondary N) is 1. The number of aromatic nitrogens is 3. The van der Waals surface area contributed by atoms with Crippen LogP contribution in [0, 0.1) is 0 Å². The molecular formula is C13H11ClN4OS. The zero-order chi connectivity index (χ0) is 13.9. The molecule has 2 heterocycles. The molecule has 1 N–H and O–H groups in total. The fourth-order valence-corrected chi connectivity index (χ4v) is 2.72. The van der Waals surface area contributed by atoms with Gasteiger partial charge in [0.15, 0.2) is 5.82 Å². The first-order chi connectivity index (χ1) is 9.74. The lowest BCUT2D eigenvalue weighted by Gasteiger charge is -2.07. The standard InChI is InChI=1S/C13H11ClN4OS/c1-19-6-13-17-11(14)5-12(18-13)16-8-2-3-9-10(4-8)20-7-15-9/h2-5,7H,6H2,1H3,(H,16,17,18). The fourth-order valence-electron chi connectivity index (χ4n) is 1.80. The summed E-state index contributed by atoms with van der Waals surface area (Å²) in [5.74, 6) is 1.18. The molecule has 7 heteroatoms. The molecule has 0 aliphatic carbocycles. The average Bonchev–Trinajstić information content (AvgIpc) is 2.85. The zero-order valence-electron chi connectivity index (χ0n) is 10.6. The van der Waals surface area contributed by atoms with Crippen LogP contribution < -0.4 is 5.32 Å². The fraction of sp³-hybridized carbons (Fsp3) is 0.154. The molecule has 3 aromatic rings. The molecule has 0 unspecified atom stereocenters. The number of hydrogen-bond acceptors (Lipinski definition) is 6. The molecule has 0 radical (unpaired) electrons. The van der Waals surface area contributed by atoms with Gasteiger partial charge in [-0.25, -0.2) is 15.0 Å². The van der Waals surface area contributed by atoms with Crippen LogP contribution in [0.4, 0.5) is 11.5 Å². The smallest absolute Gasteiger partial charge is 0.158 e. The molecule has 0 spiro atoms. The minimum atomic E-state index is 0.323. The Balaban J connectivity index is 1.89. The van der Waals surface area contributed by atoms with Gasteiger partial charge < -0.3 is 10.1 Å². The van der Waals surface area contributed by atoms with E-state index in [2.05, 4.69) is 20.3 Å². The van der Waals surface area contributed by atoms with Crippen LogP contribution in [0.5, 0.6) is 0 Å². The van der Waals surface area contributed by atoms with Crippen molar-refractivity contribution in [2.45, 2.75) is 6.61 Å². The SMILES string of the molecule is COCc1nc(Cl)cc(Nc2ccc3ncsc3c2)n1. The molecule has 0 atom stereocenters. The lowest BCUT2D eigenvalue weighted by molar-refractivity contribution is 0.178. The molecule has 0 fully saturated rings. The highest BCUT2D eigenvalue weighted by Crippen LogP contribution is 2.24. The second-order valence-electron chi connectivity index (χ2n) is 4.09. The summed E-state index contributed by atoms with van der Waals surface area (Å²) in [5, 5.41) is 3.60. The van der Waals surface area contributed by atoms with Gasteiger partial charge in [0.05, 0.1) is 15.7 Å². The van der Waals surface area contributed by atoms with Crippen molar-refractivity contribution in [2.24, 2.45) is 0 Å². The van der Waals surface area contributed by atoms with Gasteiger partial charge in [-0.05, 0) is 18.2 Å². The molecule has 20 heavy (non-hydrogen) atoms. The van der Waals surface area contributed by atoms with Crippen molar-refractivity contribution in [3.63, 3.8) is 0 Å². The average molecular weight is 307 g/mol. The number of ether oxygens (including phenoxy) is 1. The minimum absolute atomic E-state index is 0.323. The van der Waals surface area contributed by atoms with E-state index in [4.69, 9.17) is 16.3 Å². The molecule has 0 aliphatic rings. The van der Waals surface area contributed by atoms with Gasteiger partial charge in [-0.3, -0.25) is 0 Å². The molecule has 5 nitrogen and oxygen atoms in total. The third-order valence-electron chi connectivity index (χ3n) is 2.62. The molecule has 0 bridgehead atoms. The van der Waals surface area contributed by atoms with Crippen LogP contribution >= 0.6 is 22.9 Å². The van der Waals surface area contributed by atoms with E-state index in [1.54, 1.807) is 24.5 Å². The Morgan fingerprint density at radius 2 is 2.20 bits per heavy atom. The molecule has 0 amide bonds. The topological polar surface area (TPSA) is 59.9 Å². The molecule has 1 aromatic carbocycles. The van der Waals surface area contributed by atoms with Gasteiger partial charge in [-0.2, -0.15) is 0 Å². The van der Waals surface area contributed by atoms with Crippen molar-refractivity contribution in [3.8, 4) is 0 Å². The first-order valence-electron chi connectivity index (χ1n) is 5.87. The van der Waals surface area contributed by atoms with Gasteiger partial charge in [-0.15, -0.1) is 11.3 Å². The van der Waals surface area contributed by atoms with Gasteiger partial charge in [0.1, 0.15) is 17.6 Å². The first kappa shape index (κ1) is 13.2. The molecule has 0 aliphatic heterocycles. The van der Waals surface area contributed by atoms with E-state index in [-0.39, 0.29) is 0 Å². The van der Waals surface area contributed by atoms with Crippen LogP contribution in [-0.2, 0) is 11.3 Å². The summed E-state index contributed by atoms with van der Waals surface area (Å²) in [4.78, 5) is 12.7. The van der Waals surface area contributed by atoms with E-state index < -0.39 is 0 Å². The zero-order valence-corrected chi connectivity index (χ0v) is 12.2. The van der Waals surface area contributed by atoms with Gasteiger partial charge >= 0.3 is 0 Å². The number of anilines is 2. The van der Waals surface area contributed by atoms with Crippen LogP contribution in [0.1, 0.15) is 5.82 Å². The van der Waals surface area contributed by atoms with Crippen molar-refractivity contribution >= 4 is 44.7 Å². The quantitative estimate of drug-likeness (QED) is 0.746. The number of halogens is 1. The Kier molecular flexibility index (Phi) is 3.77. The molecular weight excluding hydrogens is 296 g/mol. The third-order valence-corrected chi connectivity index (χ3v) is 3.60. The Hall–Kier alpha value is -1.76. The number of rotatable bonds is 4. The van der Waals surface area contributed by atoms with Crippen LogP contribution in [0.2, 0.25) is 5.15 Å². The number of thiazole rings is 1. The van der Waals surface area contributed by atoms with Crippen LogP contribution in [0.3, 0.4) is 0 Å². The highest BCUT2D eigenvalue weighted by molar-refractivity contribution is 7.16. The van der Waals surface area contributed by atoms with Gasteiger partial charge in [-0.1, -0.05) is 11.6 Å². The summed E-state index contributed by atoms with van der Waals surface area (Å²) < 4.78 is 6.14. The maximum absolute atomic E-state index is 5.97. The number of fused-ring (bicyclic) bond motifs is 1. The summed E-state index contributed by atoms with van der Waals surface area (Å²) >= 11 is 7.57. The molecule has 0 saturated carbocycles. The second-order valence-corrected chi connectivity index (χ2v) is 5.36. The second kappa shape index (κ2) is 5.70. The normalized spacial score (nSPS) is 10.9. The van der Waals surface area contributed by atoms with Gasteiger partial charge in [0.25, 0.3) is 0 Å². The summed E-state index contributed by atoms with van der Waals surface area (Å²) in [5.41, 5.74) is 3.74. The highest BCUT2D eigenvalue weighted by atomic mass is 35.5. The number of methoxy groups -OCH3 is 1. The van der Waals surface area contributed by atoms with E-state index >= 15 is 0 Å². The van der Waals surface area contributed by atoms with E-state index in [0.29, 0.717) is 23.4 Å².